The second kappa shape index (κ2) is 3.61. The van der Waals surface area contributed by atoms with Crippen molar-refractivity contribution in [1.82, 2.24) is 4.90 Å². The van der Waals surface area contributed by atoms with Crippen molar-refractivity contribution in [2.75, 3.05) is 6.54 Å². The van der Waals surface area contributed by atoms with E-state index in [1.165, 1.54) is 0 Å². The van der Waals surface area contributed by atoms with E-state index < -0.39 is 0 Å². The van der Waals surface area contributed by atoms with Crippen LogP contribution in [-0.2, 0) is 4.79 Å². The molecule has 0 aromatic heterocycles. The zero-order chi connectivity index (χ0) is 10.1. The molecule has 0 radical (unpaired) electrons. The third-order valence-electron chi connectivity index (χ3n) is 3.36. The summed E-state index contributed by atoms with van der Waals surface area (Å²) in [4.78, 5) is 13.7. The van der Waals surface area contributed by atoms with Gasteiger partial charge in [0.15, 0.2) is 0 Å². The first kappa shape index (κ1) is 9.51. The molecule has 1 saturated heterocycles. The Labute approximate surface area is 84.7 Å². The average Bonchev–Trinajstić information content (AvgIpc) is 2.94. The number of likely N-dealkylation sites (tertiary alicyclic amines) is 1. The van der Waals surface area contributed by atoms with E-state index >= 15 is 0 Å². The summed E-state index contributed by atoms with van der Waals surface area (Å²) in [5, 5.41) is 8.93. The van der Waals surface area contributed by atoms with Crippen molar-refractivity contribution in [2.45, 2.75) is 38.6 Å². The third kappa shape index (κ3) is 1.61. The number of carbonyl (C=O) groups is 1. The fourth-order valence-corrected chi connectivity index (χ4v) is 2.21. The minimum Gasteiger partial charge on any atom is -0.326 e. The zero-order valence-corrected chi connectivity index (χ0v) is 8.57. The first-order chi connectivity index (χ1) is 6.74. The molecule has 2 fully saturated rings. The lowest BCUT2D eigenvalue weighted by Crippen LogP contribution is -2.43. The molecule has 0 aromatic rings. The number of piperidine rings is 1. The fraction of sp³-hybridized carbons (Fsp3) is 0.818. The maximum Gasteiger partial charge on any atom is 0.227 e. The van der Waals surface area contributed by atoms with Gasteiger partial charge in [-0.3, -0.25) is 4.79 Å². The summed E-state index contributed by atoms with van der Waals surface area (Å²) in [7, 11) is 0. The van der Waals surface area contributed by atoms with Crippen LogP contribution < -0.4 is 0 Å². The summed E-state index contributed by atoms with van der Waals surface area (Å²) in [6, 6.07) is 2.09. The average molecular weight is 192 g/mol. The molecule has 3 unspecified atom stereocenters. The van der Waals surface area contributed by atoms with Crippen molar-refractivity contribution < 1.29 is 4.79 Å². The first-order valence-corrected chi connectivity index (χ1v) is 5.44. The van der Waals surface area contributed by atoms with Gasteiger partial charge in [-0.15, -0.1) is 0 Å². The summed E-state index contributed by atoms with van der Waals surface area (Å²) >= 11 is 0. The monoisotopic (exact) mass is 192 g/mol. The molecule has 1 saturated carbocycles. The van der Waals surface area contributed by atoms with Crippen molar-refractivity contribution in [3.63, 3.8) is 0 Å². The molecule has 0 bridgehead atoms. The van der Waals surface area contributed by atoms with E-state index in [-0.39, 0.29) is 17.9 Å². The van der Waals surface area contributed by atoms with Gasteiger partial charge < -0.3 is 4.90 Å². The van der Waals surface area contributed by atoms with Gasteiger partial charge in [0.25, 0.3) is 0 Å². The molecular formula is C11H16N2O. The normalized spacial score (nSPS) is 36.3. The maximum atomic E-state index is 11.9. The predicted molar refractivity (Wildman–Crippen MR) is 52.2 cm³/mol. The molecule has 0 N–H and O–H groups in total. The lowest BCUT2D eigenvalue weighted by atomic mass is 10.0. The molecule has 3 atom stereocenters. The van der Waals surface area contributed by atoms with E-state index in [9.17, 15) is 4.79 Å². The van der Waals surface area contributed by atoms with Crippen LogP contribution in [0.4, 0.5) is 0 Å². The summed E-state index contributed by atoms with van der Waals surface area (Å²) in [5.41, 5.74) is 0. The van der Waals surface area contributed by atoms with Crippen LogP contribution in [0.3, 0.4) is 0 Å². The second-order valence-electron chi connectivity index (χ2n) is 4.49. The quantitative estimate of drug-likeness (QED) is 0.632. The standard InChI is InChI=1S/C11H16N2O/c1-8-6-10(8)11(14)13-5-3-2-4-9(13)7-12/h8-10H,2-6H2,1H3. The van der Waals surface area contributed by atoms with E-state index in [4.69, 9.17) is 5.26 Å². The smallest absolute Gasteiger partial charge is 0.227 e. The Kier molecular flexibility index (Phi) is 2.45. The number of hydrogen-bond donors (Lipinski definition) is 0. The lowest BCUT2D eigenvalue weighted by Gasteiger charge is -2.31. The highest BCUT2D eigenvalue weighted by atomic mass is 16.2. The number of amides is 1. The van der Waals surface area contributed by atoms with Crippen molar-refractivity contribution >= 4 is 5.91 Å². The molecule has 1 amide bonds. The van der Waals surface area contributed by atoms with Crippen molar-refractivity contribution in [2.24, 2.45) is 11.8 Å². The number of nitrogens with zero attached hydrogens (tertiary/aromatic N) is 2. The minimum absolute atomic E-state index is 0.149. The number of nitriles is 1. The zero-order valence-electron chi connectivity index (χ0n) is 8.57. The van der Waals surface area contributed by atoms with Crippen molar-refractivity contribution in [3.8, 4) is 6.07 Å². The maximum absolute atomic E-state index is 11.9. The number of rotatable bonds is 1. The predicted octanol–water partition coefficient (Wildman–Crippen LogP) is 1.55. The van der Waals surface area contributed by atoms with Gasteiger partial charge in [0.05, 0.1) is 6.07 Å². The number of carbonyl (C=O) groups excluding carboxylic acids is 1. The van der Waals surface area contributed by atoms with Crippen LogP contribution in [0.1, 0.15) is 32.6 Å². The molecule has 0 spiro atoms. The highest BCUT2D eigenvalue weighted by Gasteiger charge is 2.43. The van der Waals surface area contributed by atoms with Crippen LogP contribution >= 0.6 is 0 Å². The van der Waals surface area contributed by atoms with Crippen LogP contribution in [0.2, 0.25) is 0 Å². The molecule has 3 nitrogen and oxygen atoms in total. The molecule has 2 rings (SSSR count). The SMILES string of the molecule is CC1CC1C(=O)N1CCCCC1C#N. The molecule has 14 heavy (non-hydrogen) atoms. The molecule has 2 aliphatic rings. The molecule has 3 heteroatoms. The fourth-order valence-electron chi connectivity index (χ4n) is 2.21. The Morgan fingerprint density at radius 2 is 2.21 bits per heavy atom. The number of hydrogen-bond acceptors (Lipinski definition) is 2. The third-order valence-corrected chi connectivity index (χ3v) is 3.36. The highest BCUT2D eigenvalue weighted by Crippen LogP contribution is 2.40. The Morgan fingerprint density at radius 3 is 2.79 bits per heavy atom. The highest BCUT2D eigenvalue weighted by molar-refractivity contribution is 5.82. The van der Waals surface area contributed by atoms with Gasteiger partial charge in [0.1, 0.15) is 6.04 Å². The largest absolute Gasteiger partial charge is 0.326 e. The van der Waals surface area contributed by atoms with Crippen LogP contribution in [0.5, 0.6) is 0 Å². The van der Waals surface area contributed by atoms with E-state index in [2.05, 4.69) is 13.0 Å². The van der Waals surface area contributed by atoms with E-state index in [1.54, 1.807) is 4.90 Å². The first-order valence-electron chi connectivity index (χ1n) is 5.44. The molecule has 76 valence electrons. The van der Waals surface area contributed by atoms with Crippen LogP contribution in [0, 0.1) is 23.2 Å². The summed E-state index contributed by atoms with van der Waals surface area (Å²) in [6.45, 7) is 2.90. The summed E-state index contributed by atoms with van der Waals surface area (Å²) in [5.74, 6) is 0.997. The van der Waals surface area contributed by atoms with Gasteiger partial charge in [0, 0.05) is 12.5 Å². The van der Waals surface area contributed by atoms with Gasteiger partial charge in [-0.1, -0.05) is 6.92 Å². The molecule has 1 aliphatic carbocycles. The van der Waals surface area contributed by atoms with Gasteiger partial charge in [-0.2, -0.15) is 5.26 Å². The lowest BCUT2D eigenvalue weighted by molar-refractivity contribution is -0.135. The summed E-state index contributed by atoms with van der Waals surface area (Å²) < 4.78 is 0. The topological polar surface area (TPSA) is 44.1 Å². The van der Waals surface area contributed by atoms with Crippen LogP contribution in [-0.4, -0.2) is 23.4 Å². The second-order valence-corrected chi connectivity index (χ2v) is 4.49. The molecule has 1 aliphatic heterocycles. The summed E-state index contributed by atoms with van der Waals surface area (Å²) in [6.07, 6.45) is 4.03. The van der Waals surface area contributed by atoms with Crippen molar-refractivity contribution in [1.29, 1.82) is 5.26 Å². The van der Waals surface area contributed by atoms with Gasteiger partial charge in [-0.25, -0.2) is 0 Å². The molecule has 1 heterocycles. The van der Waals surface area contributed by atoms with Gasteiger partial charge >= 0.3 is 0 Å². The van der Waals surface area contributed by atoms with Crippen LogP contribution in [0.15, 0.2) is 0 Å². The Bertz CT molecular complexity index is 282. The van der Waals surface area contributed by atoms with Crippen molar-refractivity contribution in [3.05, 3.63) is 0 Å². The minimum atomic E-state index is -0.149. The Hall–Kier alpha value is -1.04. The molecular weight excluding hydrogens is 176 g/mol. The van der Waals surface area contributed by atoms with Gasteiger partial charge in [-0.05, 0) is 31.6 Å². The Morgan fingerprint density at radius 1 is 1.50 bits per heavy atom. The van der Waals surface area contributed by atoms with Gasteiger partial charge in [0.2, 0.25) is 5.91 Å². The van der Waals surface area contributed by atoms with E-state index in [0.717, 1.165) is 32.2 Å². The van der Waals surface area contributed by atoms with E-state index in [0.29, 0.717) is 5.92 Å². The molecule has 0 aromatic carbocycles. The van der Waals surface area contributed by atoms with Crippen LogP contribution in [0.25, 0.3) is 0 Å². The van der Waals surface area contributed by atoms with E-state index in [1.807, 2.05) is 0 Å². The Balaban J connectivity index is 2.00.